The highest BCUT2D eigenvalue weighted by molar-refractivity contribution is 6.26. The smallest absolute Gasteiger partial charge is 0.238 e. The van der Waals surface area contributed by atoms with Gasteiger partial charge in [-0.05, 0) is 92.7 Å². The lowest BCUT2D eigenvalue weighted by molar-refractivity contribution is 0.332. The highest BCUT2D eigenvalue weighted by Crippen LogP contribution is 2.50. The standard InChI is InChI=1S/C55H43N5/c1-54(2)30-31-55(3,4)45-33-48-43(32-44(45)54)49-47(29-28-40-39-24-12-13-27-46(39)59(50(40)49)36-20-6-5-7-21-36)60(48)53-57-51(41-25-14-18-34-16-8-10-22-37(34)41)56-52(58-53)42-26-15-19-35-17-9-11-23-38(35)42/h5-29,32-33H,30-31H2,1-4H3. The summed E-state index contributed by atoms with van der Waals surface area (Å²) in [5, 5.41) is 9.37. The van der Waals surface area contributed by atoms with Crippen LogP contribution in [0.1, 0.15) is 51.7 Å². The van der Waals surface area contributed by atoms with Crippen LogP contribution in [0.25, 0.3) is 99.6 Å². The zero-order valence-corrected chi connectivity index (χ0v) is 34.2. The fraction of sp³-hybridized carbons (Fsp3) is 0.145. The SMILES string of the molecule is CC1(C)CCC(C)(C)c2cc3c(cc21)c1c(ccc2c4ccccc4n(-c4ccccc4)c21)n3-c1nc(-c2cccc3ccccc23)nc(-c2cccc3ccccc23)n1. The molecule has 0 fully saturated rings. The molecule has 1 aliphatic rings. The molecule has 0 amide bonds. The average molecular weight is 774 g/mol. The van der Waals surface area contributed by atoms with Crippen LogP contribution in [-0.2, 0) is 10.8 Å². The van der Waals surface area contributed by atoms with E-state index in [0.29, 0.717) is 17.6 Å². The molecule has 8 aromatic carbocycles. The van der Waals surface area contributed by atoms with Crippen molar-refractivity contribution in [3.05, 3.63) is 175 Å². The van der Waals surface area contributed by atoms with Crippen LogP contribution in [0.3, 0.4) is 0 Å². The summed E-state index contributed by atoms with van der Waals surface area (Å²) in [6.45, 7) is 9.65. The molecule has 0 saturated heterocycles. The molecule has 5 nitrogen and oxygen atoms in total. The van der Waals surface area contributed by atoms with Gasteiger partial charge in [0, 0.05) is 38.4 Å². The lowest BCUT2D eigenvalue weighted by atomic mass is 9.63. The van der Waals surface area contributed by atoms with E-state index in [9.17, 15) is 0 Å². The van der Waals surface area contributed by atoms with Crippen LogP contribution in [0.2, 0.25) is 0 Å². The second-order valence-electron chi connectivity index (χ2n) is 17.9. The van der Waals surface area contributed by atoms with Crippen molar-refractivity contribution in [1.29, 1.82) is 0 Å². The Kier molecular flexibility index (Phi) is 7.38. The topological polar surface area (TPSA) is 48.5 Å². The van der Waals surface area contributed by atoms with Crippen LogP contribution < -0.4 is 0 Å². The molecule has 60 heavy (non-hydrogen) atoms. The van der Waals surface area contributed by atoms with Crippen molar-refractivity contribution < 1.29 is 0 Å². The molecule has 288 valence electrons. The largest absolute Gasteiger partial charge is 0.309 e. The van der Waals surface area contributed by atoms with Gasteiger partial charge in [-0.3, -0.25) is 4.57 Å². The van der Waals surface area contributed by atoms with Crippen molar-refractivity contribution in [2.24, 2.45) is 0 Å². The summed E-state index contributed by atoms with van der Waals surface area (Å²) in [7, 11) is 0. The molecule has 0 unspecified atom stereocenters. The van der Waals surface area contributed by atoms with E-state index in [-0.39, 0.29) is 10.8 Å². The second kappa shape index (κ2) is 12.7. The number of nitrogens with zero attached hydrogens (tertiary/aromatic N) is 5. The molecule has 5 heteroatoms. The second-order valence-corrected chi connectivity index (χ2v) is 17.9. The first-order valence-corrected chi connectivity index (χ1v) is 21.1. The highest BCUT2D eigenvalue weighted by atomic mass is 15.2. The van der Waals surface area contributed by atoms with Gasteiger partial charge in [0.05, 0.1) is 22.1 Å². The molecule has 0 bridgehead atoms. The maximum atomic E-state index is 5.52. The van der Waals surface area contributed by atoms with Gasteiger partial charge in [-0.1, -0.05) is 155 Å². The van der Waals surface area contributed by atoms with E-state index in [1.165, 1.54) is 43.7 Å². The predicted octanol–water partition coefficient (Wildman–Crippen LogP) is 14.1. The molecule has 0 saturated carbocycles. The Morgan fingerprint density at radius 2 is 0.967 bits per heavy atom. The molecule has 0 N–H and O–H groups in total. The molecule has 3 aromatic heterocycles. The average Bonchev–Trinajstić information content (AvgIpc) is 3.80. The number of aromatic nitrogens is 5. The maximum absolute atomic E-state index is 5.52. The molecule has 0 atom stereocenters. The van der Waals surface area contributed by atoms with E-state index in [0.717, 1.165) is 62.2 Å². The summed E-state index contributed by atoms with van der Waals surface area (Å²) < 4.78 is 4.79. The Hall–Kier alpha value is -7.11. The molecular formula is C55H43N5. The van der Waals surface area contributed by atoms with Crippen molar-refractivity contribution in [3.63, 3.8) is 0 Å². The maximum Gasteiger partial charge on any atom is 0.238 e. The van der Waals surface area contributed by atoms with E-state index < -0.39 is 0 Å². The Labute approximate surface area is 348 Å². The van der Waals surface area contributed by atoms with Crippen molar-refractivity contribution in [3.8, 4) is 34.4 Å². The van der Waals surface area contributed by atoms with Gasteiger partial charge in [0.2, 0.25) is 5.95 Å². The molecule has 0 spiro atoms. The minimum atomic E-state index is -0.00405. The third-order valence-corrected chi connectivity index (χ3v) is 13.4. The number of hydrogen-bond donors (Lipinski definition) is 0. The summed E-state index contributed by atoms with van der Waals surface area (Å²) >= 11 is 0. The summed E-state index contributed by atoms with van der Waals surface area (Å²) in [6, 6.07) is 59.0. The van der Waals surface area contributed by atoms with Crippen molar-refractivity contribution in [2.45, 2.75) is 51.4 Å². The Bertz CT molecular complexity index is 3440. The van der Waals surface area contributed by atoms with Crippen LogP contribution in [0, 0.1) is 0 Å². The Balaban J connectivity index is 1.27. The third kappa shape index (κ3) is 5.08. The minimum Gasteiger partial charge on any atom is -0.309 e. The first-order valence-electron chi connectivity index (χ1n) is 21.1. The fourth-order valence-electron chi connectivity index (χ4n) is 10.2. The van der Waals surface area contributed by atoms with Gasteiger partial charge in [-0.2, -0.15) is 9.97 Å². The number of rotatable bonds is 4. The van der Waals surface area contributed by atoms with E-state index in [2.05, 4.69) is 201 Å². The van der Waals surface area contributed by atoms with E-state index in [4.69, 9.17) is 15.0 Å². The summed E-state index contributed by atoms with van der Waals surface area (Å²) in [4.78, 5) is 16.4. The number of fused-ring (bicyclic) bond motifs is 10. The molecule has 0 aliphatic heterocycles. The van der Waals surface area contributed by atoms with Crippen LogP contribution in [0.5, 0.6) is 0 Å². The van der Waals surface area contributed by atoms with E-state index in [1.807, 2.05) is 0 Å². The molecule has 11 aromatic rings. The molecule has 0 radical (unpaired) electrons. The van der Waals surface area contributed by atoms with E-state index in [1.54, 1.807) is 0 Å². The van der Waals surface area contributed by atoms with Gasteiger partial charge in [-0.25, -0.2) is 4.98 Å². The zero-order valence-electron chi connectivity index (χ0n) is 34.2. The number of para-hydroxylation sites is 2. The quantitative estimate of drug-likeness (QED) is 0.179. The van der Waals surface area contributed by atoms with Gasteiger partial charge in [-0.15, -0.1) is 0 Å². The number of hydrogen-bond acceptors (Lipinski definition) is 3. The third-order valence-electron chi connectivity index (χ3n) is 13.4. The van der Waals surface area contributed by atoms with Gasteiger partial charge in [0.15, 0.2) is 11.6 Å². The van der Waals surface area contributed by atoms with Crippen molar-refractivity contribution >= 4 is 65.2 Å². The Morgan fingerprint density at radius 1 is 0.417 bits per heavy atom. The van der Waals surface area contributed by atoms with Crippen LogP contribution in [-0.4, -0.2) is 24.1 Å². The number of benzene rings is 8. The van der Waals surface area contributed by atoms with Gasteiger partial charge < -0.3 is 4.57 Å². The van der Waals surface area contributed by atoms with Crippen molar-refractivity contribution in [2.75, 3.05) is 0 Å². The van der Waals surface area contributed by atoms with Crippen LogP contribution >= 0.6 is 0 Å². The molecule has 1 aliphatic carbocycles. The predicted molar refractivity (Wildman–Crippen MR) is 250 cm³/mol. The fourth-order valence-corrected chi connectivity index (χ4v) is 10.2. The first kappa shape index (κ1) is 34.9. The Morgan fingerprint density at radius 3 is 1.62 bits per heavy atom. The lowest BCUT2D eigenvalue weighted by Crippen LogP contribution is -2.33. The summed E-state index contributed by atoms with van der Waals surface area (Å²) in [6.07, 6.45) is 2.25. The highest BCUT2D eigenvalue weighted by Gasteiger charge is 2.38. The summed E-state index contributed by atoms with van der Waals surface area (Å²) in [5.74, 6) is 1.90. The first-order chi connectivity index (χ1) is 29.2. The van der Waals surface area contributed by atoms with Crippen molar-refractivity contribution in [1.82, 2.24) is 24.1 Å². The van der Waals surface area contributed by atoms with Crippen LogP contribution in [0.4, 0.5) is 0 Å². The lowest BCUT2D eigenvalue weighted by Gasteiger charge is -2.42. The van der Waals surface area contributed by atoms with E-state index >= 15 is 0 Å². The van der Waals surface area contributed by atoms with Crippen LogP contribution in [0.15, 0.2) is 164 Å². The monoisotopic (exact) mass is 773 g/mol. The molecule has 3 heterocycles. The summed E-state index contributed by atoms with van der Waals surface area (Å²) in [5.41, 5.74) is 10.5. The van der Waals surface area contributed by atoms with Gasteiger partial charge >= 0.3 is 0 Å². The van der Waals surface area contributed by atoms with Gasteiger partial charge in [0.1, 0.15) is 0 Å². The zero-order chi connectivity index (χ0) is 40.3. The minimum absolute atomic E-state index is 0.00405. The molecular weight excluding hydrogens is 731 g/mol. The normalized spacial score (nSPS) is 14.8. The van der Waals surface area contributed by atoms with Gasteiger partial charge in [0.25, 0.3) is 0 Å². The molecule has 12 rings (SSSR count).